The molecule has 0 aromatic carbocycles. The van der Waals surface area contributed by atoms with Gasteiger partial charge in [-0.1, -0.05) is 11.2 Å². The number of alkyl halides is 3. The summed E-state index contributed by atoms with van der Waals surface area (Å²) in [6.45, 7) is 7.59. The molecular formula is C25H25F3N6O4. The van der Waals surface area contributed by atoms with Crippen LogP contribution in [-0.2, 0) is 24.4 Å². The summed E-state index contributed by atoms with van der Waals surface area (Å²) in [7, 11) is 0. The van der Waals surface area contributed by atoms with Crippen molar-refractivity contribution >= 4 is 11.9 Å². The number of rotatable bonds is 4. The standard InChI is InChI=1S/C23H24N6O2.C2HF3O2/c1-15(2)29-9-7-19-20(29)14-27(23(30)21-10-16(3)26-31-21)11-17-12-28(25-22(17)19)13-18-6-4-5-8-24-18;3-2(4,5)1(6)7/h4-10,12,15H,11,13-14H2,1-3H3;(H,6,7). The average Bonchev–Trinajstić information content (AvgIpc) is 3.55. The molecule has 1 N–H and O–H groups in total. The smallest absolute Gasteiger partial charge is 0.475 e. The third-order valence-electron chi connectivity index (χ3n) is 5.79. The number of aryl methyl sites for hydroxylation is 1. The van der Waals surface area contributed by atoms with Crippen LogP contribution in [0.4, 0.5) is 13.2 Å². The van der Waals surface area contributed by atoms with Gasteiger partial charge in [-0.15, -0.1) is 0 Å². The molecule has 0 saturated carbocycles. The van der Waals surface area contributed by atoms with E-state index >= 15 is 0 Å². The van der Waals surface area contributed by atoms with E-state index in [1.165, 1.54) is 0 Å². The lowest BCUT2D eigenvalue weighted by molar-refractivity contribution is -0.192. The van der Waals surface area contributed by atoms with Crippen LogP contribution in [0.2, 0.25) is 0 Å². The SMILES string of the molecule is Cc1cc(C(=O)N2Cc3cn(Cc4ccccn4)nc3-c3ccn(C(C)C)c3C2)on1.O=C(O)C(F)(F)F. The van der Waals surface area contributed by atoms with Crippen molar-refractivity contribution in [1.29, 1.82) is 0 Å². The van der Waals surface area contributed by atoms with Crippen LogP contribution in [0, 0.1) is 6.92 Å². The summed E-state index contributed by atoms with van der Waals surface area (Å²) in [5.74, 6) is -2.67. The normalized spacial score (nSPS) is 12.9. The molecule has 10 nitrogen and oxygen atoms in total. The highest BCUT2D eigenvalue weighted by Gasteiger charge is 2.38. The van der Waals surface area contributed by atoms with Crippen molar-refractivity contribution in [3.05, 3.63) is 77.3 Å². The molecule has 1 amide bonds. The van der Waals surface area contributed by atoms with E-state index in [1.807, 2.05) is 36.0 Å². The van der Waals surface area contributed by atoms with Crippen LogP contribution in [0.5, 0.6) is 0 Å². The van der Waals surface area contributed by atoms with Crippen molar-refractivity contribution in [2.75, 3.05) is 0 Å². The van der Waals surface area contributed by atoms with E-state index in [2.05, 4.69) is 40.8 Å². The molecule has 4 aromatic rings. The Labute approximate surface area is 215 Å². The number of halogens is 3. The van der Waals surface area contributed by atoms with Crippen LogP contribution in [0.15, 0.2) is 53.4 Å². The molecule has 0 spiro atoms. The van der Waals surface area contributed by atoms with Crippen molar-refractivity contribution in [3.8, 4) is 11.3 Å². The zero-order valence-corrected chi connectivity index (χ0v) is 20.8. The Balaban J connectivity index is 0.000000426. The molecule has 1 aliphatic heterocycles. The minimum absolute atomic E-state index is 0.173. The number of hydrogen-bond donors (Lipinski definition) is 1. The van der Waals surface area contributed by atoms with E-state index in [-0.39, 0.29) is 17.7 Å². The van der Waals surface area contributed by atoms with Gasteiger partial charge in [0.05, 0.1) is 36.7 Å². The van der Waals surface area contributed by atoms with E-state index in [4.69, 9.17) is 19.5 Å². The van der Waals surface area contributed by atoms with Crippen LogP contribution in [0.1, 0.15) is 53.1 Å². The van der Waals surface area contributed by atoms with Gasteiger partial charge in [-0.3, -0.25) is 14.5 Å². The van der Waals surface area contributed by atoms with Crippen molar-refractivity contribution in [2.24, 2.45) is 0 Å². The van der Waals surface area contributed by atoms with Crippen LogP contribution >= 0.6 is 0 Å². The summed E-state index contributed by atoms with van der Waals surface area (Å²) in [6, 6.07) is 9.90. The Hall–Kier alpha value is -4.42. The number of nitrogens with zero attached hydrogens (tertiary/aromatic N) is 6. The molecule has 38 heavy (non-hydrogen) atoms. The second-order valence-electron chi connectivity index (χ2n) is 9.00. The molecule has 0 radical (unpaired) electrons. The molecule has 13 heteroatoms. The van der Waals surface area contributed by atoms with Crippen molar-refractivity contribution in [1.82, 2.24) is 29.4 Å². The first-order valence-corrected chi connectivity index (χ1v) is 11.6. The highest BCUT2D eigenvalue weighted by atomic mass is 19.4. The van der Waals surface area contributed by atoms with Crippen molar-refractivity contribution in [3.63, 3.8) is 0 Å². The van der Waals surface area contributed by atoms with Gasteiger partial charge >= 0.3 is 12.1 Å². The first kappa shape index (κ1) is 26.6. The summed E-state index contributed by atoms with van der Waals surface area (Å²) in [5, 5.41) is 15.9. The van der Waals surface area contributed by atoms with E-state index in [9.17, 15) is 18.0 Å². The molecule has 0 fully saturated rings. The van der Waals surface area contributed by atoms with Crippen molar-refractivity contribution < 1.29 is 32.4 Å². The molecule has 4 aromatic heterocycles. The Morgan fingerprint density at radius 1 is 1.18 bits per heavy atom. The molecule has 0 unspecified atom stereocenters. The topological polar surface area (TPSA) is 119 Å². The van der Waals surface area contributed by atoms with Gasteiger partial charge in [-0.25, -0.2) is 4.79 Å². The molecule has 0 bridgehead atoms. The van der Waals surface area contributed by atoms with Gasteiger partial charge in [0.2, 0.25) is 5.76 Å². The predicted octanol–water partition coefficient (Wildman–Crippen LogP) is 4.46. The van der Waals surface area contributed by atoms with Crippen LogP contribution in [-0.4, -0.2) is 52.5 Å². The number of carboxylic acids is 1. The third-order valence-corrected chi connectivity index (χ3v) is 5.79. The van der Waals surface area contributed by atoms with E-state index in [0.717, 1.165) is 28.2 Å². The maximum Gasteiger partial charge on any atom is 0.490 e. The number of aromatic nitrogens is 5. The summed E-state index contributed by atoms with van der Waals surface area (Å²) < 4.78 is 41.1. The molecule has 200 valence electrons. The monoisotopic (exact) mass is 530 g/mol. The maximum absolute atomic E-state index is 13.2. The zero-order chi connectivity index (χ0) is 27.6. The lowest BCUT2D eigenvalue weighted by Crippen LogP contribution is -2.30. The van der Waals surface area contributed by atoms with Gasteiger partial charge in [0.15, 0.2) is 0 Å². The van der Waals surface area contributed by atoms with Gasteiger partial charge in [0.25, 0.3) is 5.91 Å². The number of amides is 1. The van der Waals surface area contributed by atoms with E-state index < -0.39 is 12.1 Å². The van der Waals surface area contributed by atoms with Gasteiger partial charge in [-0.05, 0) is 39.0 Å². The van der Waals surface area contributed by atoms with Gasteiger partial charge in [0.1, 0.15) is 0 Å². The highest BCUT2D eigenvalue weighted by Crippen LogP contribution is 2.34. The zero-order valence-electron chi connectivity index (χ0n) is 20.8. The summed E-state index contributed by atoms with van der Waals surface area (Å²) >= 11 is 0. The fraction of sp³-hybridized carbons (Fsp3) is 0.320. The second kappa shape index (κ2) is 10.5. The Morgan fingerprint density at radius 2 is 1.92 bits per heavy atom. The third kappa shape index (κ3) is 5.76. The molecule has 0 saturated heterocycles. The lowest BCUT2D eigenvalue weighted by Gasteiger charge is -2.22. The van der Waals surface area contributed by atoms with Gasteiger partial charge in [0, 0.05) is 47.5 Å². The molecule has 5 rings (SSSR count). The molecular weight excluding hydrogens is 505 g/mol. The lowest BCUT2D eigenvalue weighted by atomic mass is 10.1. The van der Waals surface area contributed by atoms with Gasteiger partial charge < -0.3 is 19.1 Å². The predicted molar refractivity (Wildman–Crippen MR) is 128 cm³/mol. The number of carbonyl (C=O) groups excluding carboxylic acids is 1. The molecule has 0 aliphatic carbocycles. The Bertz CT molecular complexity index is 1440. The molecule has 5 heterocycles. The summed E-state index contributed by atoms with van der Waals surface area (Å²) in [5.41, 5.74) is 5.67. The Morgan fingerprint density at radius 3 is 2.50 bits per heavy atom. The molecule has 0 atom stereocenters. The summed E-state index contributed by atoms with van der Waals surface area (Å²) in [4.78, 5) is 28.3. The Kier molecular flexibility index (Phi) is 7.37. The maximum atomic E-state index is 13.2. The highest BCUT2D eigenvalue weighted by molar-refractivity contribution is 5.92. The van der Waals surface area contributed by atoms with Crippen LogP contribution in [0.25, 0.3) is 11.3 Å². The minimum Gasteiger partial charge on any atom is -0.475 e. The number of pyridine rings is 1. The fourth-order valence-electron chi connectivity index (χ4n) is 4.10. The van der Waals surface area contributed by atoms with E-state index in [0.29, 0.717) is 25.3 Å². The van der Waals surface area contributed by atoms with Crippen molar-refractivity contribution in [2.45, 2.75) is 52.6 Å². The van der Waals surface area contributed by atoms with Crippen LogP contribution < -0.4 is 0 Å². The quantitative estimate of drug-likeness (QED) is 0.414. The number of carboxylic acid groups (broad SMARTS) is 1. The molecule has 1 aliphatic rings. The fourth-order valence-corrected chi connectivity index (χ4v) is 4.10. The van der Waals surface area contributed by atoms with Crippen LogP contribution in [0.3, 0.4) is 0 Å². The van der Waals surface area contributed by atoms with E-state index in [1.54, 1.807) is 17.2 Å². The number of carbonyl (C=O) groups is 2. The number of aliphatic carboxylic acids is 1. The number of hydrogen-bond acceptors (Lipinski definition) is 6. The number of fused-ring (bicyclic) bond motifs is 3. The minimum atomic E-state index is -5.08. The van der Waals surface area contributed by atoms with Gasteiger partial charge in [-0.2, -0.15) is 18.3 Å². The largest absolute Gasteiger partial charge is 0.490 e. The average molecular weight is 531 g/mol. The second-order valence-corrected chi connectivity index (χ2v) is 9.00. The summed E-state index contributed by atoms with van der Waals surface area (Å²) in [6.07, 6.45) is 0.783. The first-order valence-electron chi connectivity index (χ1n) is 11.6. The first-order chi connectivity index (χ1) is 17.9.